The molecule has 0 aliphatic rings. The van der Waals surface area contributed by atoms with Gasteiger partial charge in [-0.15, -0.1) is 0 Å². The van der Waals surface area contributed by atoms with Gasteiger partial charge in [-0.2, -0.15) is 0 Å². The number of benzene rings is 2. The summed E-state index contributed by atoms with van der Waals surface area (Å²) < 4.78 is 0. The summed E-state index contributed by atoms with van der Waals surface area (Å²) in [7, 11) is 0. The quantitative estimate of drug-likeness (QED) is 0.738. The molecule has 4 nitrogen and oxygen atoms in total. The average Bonchev–Trinajstić information content (AvgIpc) is 2.42. The minimum atomic E-state index is -0.349. The number of carbonyl (C=O) groups is 1. The Morgan fingerprint density at radius 1 is 1.05 bits per heavy atom. The van der Waals surface area contributed by atoms with Crippen LogP contribution in [0.5, 0.6) is 5.75 Å². The minimum absolute atomic E-state index is 0.0463. The number of hydrogen-bond donors (Lipinski definition) is 3. The number of phenols is 1. The maximum Gasteiger partial charge on any atom is 0.319 e. The lowest BCUT2D eigenvalue weighted by Crippen LogP contribution is -2.31. The molecule has 0 aliphatic carbocycles. The molecule has 0 heterocycles. The third-order valence-electron chi connectivity index (χ3n) is 2.80. The topological polar surface area (TPSA) is 61.4 Å². The normalized spacial score (nSPS) is 11.6. The first-order valence-electron chi connectivity index (χ1n) is 6.07. The predicted molar refractivity (Wildman–Crippen MR) is 75.1 cm³/mol. The zero-order valence-electron chi connectivity index (χ0n) is 10.6. The number of carbonyl (C=O) groups excluding carboxylic acids is 1. The maximum atomic E-state index is 11.8. The van der Waals surface area contributed by atoms with E-state index in [-0.39, 0.29) is 17.8 Å². The van der Waals surface area contributed by atoms with Gasteiger partial charge in [-0.1, -0.05) is 42.5 Å². The Hall–Kier alpha value is -2.49. The van der Waals surface area contributed by atoms with Crippen LogP contribution in [0, 0.1) is 0 Å². The van der Waals surface area contributed by atoms with Crippen LogP contribution in [0.25, 0.3) is 0 Å². The monoisotopic (exact) mass is 256 g/mol. The van der Waals surface area contributed by atoms with Gasteiger partial charge in [-0.05, 0) is 24.6 Å². The van der Waals surface area contributed by atoms with Crippen molar-refractivity contribution in [1.29, 1.82) is 0 Å². The zero-order valence-corrected chi connectivity index (χ0v) is 10.6. The molecule has 0 fully saturated rings. The van der Waals surface area contributed by atoms with Gasteiger partial charge >= 0.3 is 6.03 Å². The highest BCUT2D eigenvalue weighted by Gasteiger charge is 2.10. The average molecular weight is 256 g/mol. The van der Waals surface area contributed by atoms with Gasteiger partial charge in [0, 0.05) is 0 Å². The van der Waals surface area contributed by atoms with Crippen LogP contribution in [-0.2, 0) is 0 Å². The highest BCUT2D eigenvalue weighted by atomic mass is 16.3. The number of rotatable bonds is 3. The van der Waals surface area contributed by atoms with Gasteiger partial charge in [0.1, 0.15) is 5.75 Å². The first-order chi connectivity index (χ1) is 9.16. The lowest BCUT2D eigenvalue weighted by atomic mass is 10.1. The van der Waals surface area contributed by atoms with E-state index in [1.54, 1.807) is 18.2 Å². The Bertz CT molecular complexity index is 555. The molecule has 0 radical (unpaired) electrons. The molecule has 2 amide bonds. The molecule has 0 saturated heterocycles. The maximum absolute atomic E-state index is 11.8. The van der Waals surface area contributed by atoms with E-state index in [1.165, 1.54) is 6.07 Å². The number of amides is 2. The number of anilines is 1. The molecule has 3 N–H and O–H groups in total. The van der Waals surface area contributed by atoms with Crippen LogP contribution in [0.15, 0.2) is 54.6 Å². The molecule has 0 spiro atoms. The Labute approximate surface area is 112 Å². The van der Waals surface area contributed by atoms with E-state index in [1.807, 2.05) is 37.3 Å². The Morgan fingerprint density at radius 3 is 2.37 bits per heavy atom. The summed E-state index contributed by atoms with van der Waals surface area (Å²) in [6.45, 7) is 1.90. The van der Waals surface area contributed by atoms with E-state index in [0.717, 1.165) is 5.56 Å². The van der Waals surface area contributed by atoms with Crippen LogP contribution < -0.4 is 10.6 Å². The lowest BCUT2D eigenvalue weighted by molar-refractivity contribution is 0.249. The molecule has 4 heteroatoms. The van der Waals surface area contributed by atoms with Gasteiger partial charge in [0.15, 0.2) is 0 Å². The highest BCUT2D eigenvalue weighted by Crippen LogP contribution is 2.21. The molecule has 2 aromatic rings. The summed E-state index contributed by atoms with van der Waals surface area (Å²) in [6, 6.07) is 15.8. The second-order valence-corrected chi connectivity index (χ2v) is 4.25. The smallest absolute Gasteiger partial charge is 0.319 e. The Balaban J connectivity index is 1.97. The first kappa shape index (κ1) is 13.0. The van der Waals surface area contributed by atoms with Crippen LogP contribution in [-0.4, -0.2) is 11.1 Å². The van der Waals surface area contributed by atoms with Crippen molar-refractivity contribution in [2.75, 3.05) is 5.32 Å². The van der Waals surface area contributed by atoms with E-state index in [9.17, 15) is 9.90 Å². The Morgan fingerprint density at radius 2 is 1.68 bits per heavy atom. The standard InChI is InChI=1S/C15H16N2O2/c1-11(12-7-3-2-4-8-12)16-15(19)17-13-9-5-6-10-14(13)18/h2-11,18H,1H3,(H2,16,17,19). The molecule has 0 saturated carbocycles. The summed E-state index contributed by atoms with van der Waals surface area (Å²) in [5.74, 6) is 0.0463. The van der Waals surface area contributed by atoms with Crippen molar-refractivity contribution in [3.05, 3.63) is 60.2 Å². The van der Waals surface area contributed by atoms with Gasteiger partial charge in [0.25, 0.3) is 0 Å². The number of aromatic hydroxyl groups is 1. The number of nitrogens with one attached hydrogen (secondary N) is 2. The van der Waals surface area contributed by atoms with Crippen LogP contribution in [0.2, 0.25) is 0 Å². The number of hydrogen-bond acceptors (Lipinski definition) is 2. The molecule has 98 valence electrons. The molecule has 0 aromatic heterocycles. The van der Waals surface area contributed by atoms with E-state index in [0.29, 0.717) is 5.69 Å². The molecule has 0 aliphatic heterocycles. The van der Waals surface area contributed by atoms with Gasteiger partial charge in [0.05, 0.1) is 11.7 Å². The molecule has 2 rings (SSSR count). The van der Waals surface area contributed by atoms with Crippen molar-refractivity contribution in [1.82, 2.24) is 5.32 Å². The van der Waals surface area contributed by atoms with Crippen LogP contribution in [0.4, 0.5) is 10.5 Å². The predicted octanol–water partition coefficient (Wildman–Crippen LogP) is 3.27. The van der Waals surface area contributed by atoms with Crippen molar-refractivity contribution in [3.63, 3.8) is 0 Å². The van der Waals surface area contributed by atoms with Crippen molar-refractivity contribution < 1.29 is 9.90 Å². The zero-order chi connectivity index (χ0) is 13.7. The fourth-order valence-electron chi connectivity index (χ4n) is 1.76. The van der Waals surface area contributed by atoms with Crippen molar-refractivity contribution >= 4 is 11.7 Å². The number of para-hydroxylation sites is 2. The molecular formula is C15H16N2O2. The fourth-order valence-corrected chi connectivity index (χ4v) is 1.76. The Kier molecular flexibility index (Phi) is 4.03. The van der Waals surface area contributed by atoms with Gasteiger partial charge in [-0.25, -0.2) is 4.79 Å². The van der Waals surface area contributed by atoms with Gasteiger partial charge < -0.3 is 15.7 Å². The van der Waals surface area contributed by atoms with Crippen LogP contribution >= 0.6 is 0 Å². The van der Waals surface area contributed by atoms with Crippen molar-refractivity contribution in [3.8, 4) is 5.75 Å². The van der Waals surface area contributed by atoms with Crippen LogP contribution in [0.3, 0.4) is 0 Å². The largest absolute Gasteiger partial charge is 0.506 e. The molecule has 2 aromatic carbocycles. The summed E-state index contributed by atoms with van der Waals surface area (Å²) >= 11 is 0. The SMILES string of the molecule is CC(NC(=O)Nc1ccccc1O)c1ccccc1. The minimum Gasteiger partial charge on any atom is -0.506 e. The fraction of sp³-hybridized carbons (Fsp3) is 0.133. The summed E-state index contributed by atoms with van der Waals surface area (Å²) in [6.07, 6.45) is 0. The summed E-state index contributed by atoms with van der Waals surface area (Å²) in [5.41, 5.74) is 1.41. The molecule has 19 heavy (non-hydrogen) atoms. The van der Waals surface area contributed by atoms with Crippen molar-refractivity contribution in [2.45, 2.75) is 13.0 Å². The lowest BCUT2D eigenvalue weighted by Gasteiger charge is -2.15. The third-order valence-corrected chi connectivity index (χ3v) is 2.80. The number of phenolic OH excluding ortho intramolecular Hbond substituents is 1. The van der Waals surface area contributed by atoms with E-state index >= 15 is 0 Å². The second-order valence-electron chi connectivity index (χ2n) is 4.25. The van der Waals surface area contributed by atoms with Gasteiger partial charge in [0.2, 0.25) is 0 Å². The molecule has 1 atom stereocenters. The van der Waals surface area contributed by atoms with E-state index < -0.39 is 0 Å². The number of urea groups is 1. The molecular weight excluding hydrogens is 240 g/mol. The third kappa shape index (κ3) is 3.48. The summed E-state index contributed by atoms with van der Waals surface area (Å²) in [4.78, 5) is 11.8. The first-order valence-corrected chi connectivity index (χ1v) is 6.07. The second kappa shape index (κ2) is 5.91. The van der Waals surface area contributed by atoms with E-state index in [2.05, 4.69) is 10.6 Å². The highest BCUT2D eigenvalue weighted by molar-refractivity contribution is 5.91. The van der Waals surface area contributed by atoms with Crippen molar-refractivity contribution in [2.24, 2.45) is 0 Å². The molecule has 1 unspecified atom stereocenters. The van der Waals surface area contributed by atoms with E-state index in [4.69, 9.17) is 0 Å². The summed E-state index contributed by atoms with van der Waals surface area (Å²) in [5, 5.41) is 15.0. The van der Waals surface area contributed by atoms with Crippen LogP contribution in [0.1, 0.15) is 18.5 Å². The molecule has 0 bridgehead atoms. The van der Waals surface area contributed by atoms with Gasteiger partial charge in [-0.3, -0.25) is 0 Å².